The van der Waals surface area contributed by atoms with Crippen LogP contribution in [-0.4, -0.2) is 12.2 Å². The van der Waals surface area contributed by atoms with Crippen LogP contribution in [-0.2, 0) is 0 Å². The average molecular weight is 249 g/mol. The van der Waals surface area contributed by atoms with Gasteiger partial charge in [0, 0.05) is 6.04 Å². The Kier molecular flexibility index (Phi) is 4.01. The summed E-state index contributed by atoms with van der Waals surface area (Å²) in [6.45, 7) is 0. The molecule has 0 bridgehead atoms. The predicted octanol–water partition coefficient (Wildman–Crippen LogP) is 3.87. The van der Waals surface area contributed by atoms with Gasteiger partial charge in [0.25, 0.3) is 0 Å². The fraction of sp³-hybridized carbons (Fsp3) is 1.00. The van der Waals surface area contributed by atoms with Gasteiger partial charge in [-0.15, -0.1) is 0 Å². The minimum atomic E-state index is -4.00. The van der Waals surface area contributed by atoms with E-state index in [1.165, 1.54) is 19.3 Å². The summed E-state index contributed by atoms with van der Waals surface area (Å²) >= 11 is 0. The topological polar surface area (TPSA) is 26.0 Å². The highest BCUT2D eigenvalue weighted by molar-refractivity contribution is 4.84. The molecule has 0 aromatic carbocycles. The summed E-state index contributed by atoms with van der Waals surface area (Å²) in [5.74, 6) is 0.120. The zero-order chi connectivity index (χ0) is 12.5. The third kappa shape index (κ3) is 3.87. The third-order valence-electron chi connectivity index (χ3n) is 4.45. The smallest absolute Gasteiger partial charge is 0.327 e. The van der Waals surface area contributed by atoms with Crippen LogP contribution in [0, 0.1) is 17.8 Å². The molecule has 1 nitrogen and oxygen atoms in total. The Balaban J connectivity index is 1.70. The molecule has 0 aliphatic heterocycles. The molecule has 100 valence electrons. The zero-order valence-electron chi connectivity index (χ0n) is 10.2. The van der Waals surface area contributed by atoms with E-state index < -0.39 is 12.1 Å². The molecule has 17 heavy (non-hydrogen) atoms. The summed E-state index contributed by atoms with van der Waals surface area (Å²) in [5.41, 5.74) is 6.10. The quantitative estimate of drug-likeness (QED) is 0.804. The summed E-state index contributed by atoms with van der Waals surface area (Å²) in [7, 11) is 0. The summed E-state index contributed by atoms with van der Waals surface area (Å²) < 4.78 is 37.5. The van der Waals surface area contributed by atoms with Crippen LogP contribution in [0.2, 0.25) is 0 Å². The summed E-state index contributed by atoms with van der Waals surface area (Å²) in [5, 5.41) is 0. The standard InChI is InChI=1S/C13H22F3N/c14-13(15,16)11-6-4-10(5-7-11)12(17)8-3-9-1-2-9/h9-12H,1-8,17H2. The molecule has 2 aliphatic rings. The molecule has 2 N–H and O–H groups in total. The Morgan fingerprint density at radius 3 is 2.06 bits per heavy atom. The Morgan fingerprint density at radius 1 is 1.00 bits per heavy atom. The van der Waals surface area contributed by atoms with E-state index in [1.807, 2.05) is 0 Å². The molecular formula is C13H22F3N. The molecular weight excluding hydrogens is 227 g/mol. The molecule has 4 heteroatoms. The van der Waals surface area contributed by atoms with Gasteiger partial charge < -0.3 is 5.73 Å². The van der Waals surface area contributed by atoms with E-state index in [9.17, 15) is 13.2 Å². The molecule has 0 heterocycles. The highest BCUT2D eigenvalue weighted by atomic mass is 19.4. The third-order valence-corrected chi connectivity index (χ3v) is 4.45. The van der Waals surface area contributed by atoms with E-state index in [0.29, 0.717) is 18.8 Å². The first-order chi connectivity index (χ1) is 7.97. The van der Waals surface area contributed by atoms with Crippen molar-refractivity contribution in [2.75, 3.05) is 0 Å². The zero-order valence-corrected chi connectivity index (χ0v) is 10.2. The second-order valence-corrected chi connectivity index (χ2v) is 5.84. The van der Waals surface area contributed by atoms with Crippen molar-refractivity contribution in [2.45, 2.75) is 63.6 Å². The van der Waals surface area contributed by atoms with Crippen molar-refractivity contribution in [2.24, 2.45) is 23.5 Å². The number of alkyl halides is 3. The minimum Gasteiger partial charge on any atom is -0.327 e. The first-order valence-corrected chi connectivity index (χ1v) is 6.79. The molecule has 0 saturated heterocycles. The lowest BCUT2D eigenvalue weighted by Gasteiger charge is -2.33. The van der Waals surface area contributed by atoms with Crippen LogP contribution in [0.15, 0.2) is 0 Å². The lowest BCUT2D eigenvalue weighted by molar-refractivity contribution is -0.184. The van der Waals surface area contributed by atoms with Crippen molar-refractivity contribution in [1.82, 2.24) is 0 Å². The fourth-order valence-corrected chi connectivity index (χ4v) is 2.95. The molecule has 2 fully saturated rings. The van der Waals surface area contributed by atoms with Gasteiger partial charge in [-0.3, -0.25) is 0 Å². The van der Waals surface area contributed by atoms with E-state index in [0.717, 1.165) is 12.3 Å². The van der Waals surface area contributed by atoms with Gasteiger partial charge in [-0.2, -0.15) is 13.2 Å². The highest BCUT2D eigenvalue weighted by Crippen LogP contribution is 2.41. The van der Waals surface area contributed by atoms with E-state index in [4.69, 9.17) is 5.73 Å². The molecule has 0 amide bonds. The summed E-state index contributed by atoms with van der Waals surface area (Å²) in [4.78, 5) is 0. The van der Waals surface area contributed by atoms with Crippen LogP contribution in [0.5, 0.6) is 0 Å². The second-order valence-electron chi connectivity index (χ2n) is 5.84. The lowest BCUT2D eigenvalue weighted by atomic mass is 9.77. The summed E-state index contributed by atoms with van der Waals surface area (Å²) in [6.07, 6.45) is 2.74. The molecule has 2 rings (SSSR count). The maximum atomic E-state index is 12.5. The van der Waals surface area contributed by atoms with E-state index in [2.05, 4.69) is 0 Å². The highest BCUT2D eigenvalue weighted by Gasteiger charge is 2.42. The van der Waals surface area contributed by atoms with Crippen molar-refractivity contribution >= 4 is 0 Å². The average Bonchev–Trinajstić information content (AvgIpc) is 3.09. The molecule has 0 aromatic heterocycles. The van der Waals surface area contributed by atoms with Crippen LogP contribution >= 0.6 is 0 Å². The second kappa shape index (κ2) is 5.17. The Morgan fingerprint density at radius 2 is 1.59 bits per heavy atom. The molecule has 2 saturated carbocycles. The van der Waals surface area contributed by atoms with Gasteiger partial charge in [0.15, 0.2) is 0 Å². The molecule has 1 unspecified atom stereocenters. The van der Waals surface area contributed by atoms with Crippen LogP contribution in [0.4, 0.5) is 13.2 Å². The van der Waals surface area contributed by atoms with Crippen LogP contribution in [0.3, 0.4) is 0 Å². The first-order valence-electron chi connectivity index (χ1n) is 6.79. The molecule has 0 spiro atoms. The molecule has 0 radical (unpaired) electrons. The Hall–Kier alpha value is -0.250. The van der Waals surface area contributed by atoms with Gasteiger partial charge in [-0.25, -0.2) is 0 Å². The minimum absolute atomic E-state index is 0.129. The number of nitrogens with two attached hydrogens (primary N) is 1. The van der Waals surface area contributed by atoms with Gasteiger partial charge in [0.2, 0.25) is 0 Å². The Labute approximate surface area is 101 Å². The van der Waals surface area contributed by atoms with Crippen LogP contribution in [0.1, 0.15) is 51.4 Å². The van der Waals surface area contributed by atoms with E-state index >= 15 is 0 Å². The van der Waals surface area contributed by atoms with Crippen molar-refractivity contribution in [1.29, 1.82) is 0 Å². The van der Waals surface area contributed by atoms with Crippen molar-refractivity contribution in [3.63, 3.8) is 0 Å². The largest absolute Gasteiger partial charge is 0.391 e. The number of halogens is 3. The van der Waals surface area contributed by atoms with E-state index in [-0.39, 0.29) is 18.9 Å². The monoisotopic (exact) mass is 249 g/mol. The maximum absolute atomic E-state index is 12.5. The lowest BCUT2D eigenvalue weighted by Crippen LogP contribution is -2.36. The molecule has 2 aliphatic carbocycles. The normalized spacial score (nSPS) is 32.5. The van der Waals surface area contributed by atoms with Crippen LogP contribution in [0.25, 0.3) is 0 Å². The van der Waals surface area contributed by atoms with Crippen molar-refractivity contribution in [3.05, 3.63) is 0 Å². The SMILES string of the molecule is NC(CCC1CC1)C1CCC(C(F)(F)F)CC1. The number of rotatable bonds is 4. The van der Waals surface area contributed by atoms with Crippen LogP contribution < -0.4 is 5.73 Å². The summed E-state index contributed by atoms with van der Waals surface area (Å²) in [6, 6.07) is 0.129. The number of hydrogen-bond acceptors (Lipinski definition) is 1. The molecule has 0 aromatic rings. The fourth-order valence-electron chi connectivity index (χ4n) is 2.95. The van der Waals surface area contributed by atoms with Crippen molar-refractivity contribution < 1.29 is 13.2 Å². The Bertz CT molecular complexity index is 240. The number of hydrogen-bond donors (Lipinski definition) is 1. The first kappa shape index (κ1) is 13.2. The van der Waals surface area contributed by atoms with Crippen molar-refractivity contribution in [3.8, 4) is 0 Å². The predicted molar refractivity (Wildman–Crippen MR) is 61.4 cm³/mol. The van der Waals surface area contributed by atoms with Gasteiger partial charge >= 0.3 is 6.18 Å². The van der Waals surface area contributed by atoms with Gasteiger partial charge in [-0.1, -0.05) is 12.8 Å². The van der Waals surface area contributed by atoms with Gasteiger partial charge in [0.1, 0.15) is 0 Å². The molecule has 1 atom stereocenters. The maximum Gasteiger partial charge on any atom is 0.391 e. The van der Waals surface area contributed by atoms with E-state index in [1.54, 1.807) is 0 Å². The van der Waals surface area contributed by atoms with Gasteiger partial charge in [0.05, 0.1) is 5.92 Å². The van der Waals surface area contributed by atoms with Gasteiger partial charge in [-0.05, 0) is 50.4 Å².